The lowest BCUT2D eigenvalue weighted by atomic mass is 10.2. The molecular weight excluding hydrogens is 200 g/mol. The molecule has 0 aromatic heterocycles. The molecule has 0 aliphatic heterocycles. The highest BCUT2D eigenvalue weighted by molar-refractivity contribution is 5.89. The highest BCUT2D eigenvalue weighted by atomic mass is 16.8. The molecule has 0 amide bonds. The zero-order valence-corrected chi connectivity index (χ0v) is 8.04. The number of hydrogen-bond donors (Lipinski definition) is 1. The van der Waals surface area contributed by atoms with Gasteiger partial charge in [0.05, 0.1) is 5.56 Å². The number of carboxylic acid groups (broad SMARTS) is 1. The van der Waals surface area contributed by atoms with Gasteiger partial charge in [0, 0.05) is 6.92 Å². The predicted octanol–water partition coefficient (Wildman–Crippen LogP) is 1.88. The normalized spacial score (nSPS) is 11.5. The van der Waals surface area contributed by atoms with Crippen LogP contribution in [0.1, 0.15) is 17.3 Å². The molecule has 0 unspecified atom stereocenters. The van der Waals surface area contributed by atoms with Gasteiger partial charge in [-0.2, -0.15) is 0 Å². The maximum atomic E-state index is 11.3. The lowest BCUT2D eigenvalue weighted by Crippen LogP contribution is -2.20. The summed E-state index contributed by atoms with van der Waals surface area (Å²) < 4.78 is 8.92. The van der Waals surface area contributed by atoms with Crippen molar-refractivity contribution in [2.75, 3.05) is 0 Å². The van der Waals surface area contributed by atoms with Crippen molar-refractivity contribution < 1.29 is 24.2 Å². The molecule has 0 fully saturated rings. The number of esters is 1. The minimum atomic E-state index is -1.48. The van der Waals surface area contributed by atoms with Crippen molar-refractivity contribution in [3.8, 4) is 0 Å². The number of ether oxygens (including phenoxy) is 2. The zero-order chi connectivity index (χ0) is 11.3. The second-order valence-corrected chi connectivity index (χ2v) is 2.72. The molecule has 1 aromatic rings. The molecule has 80 valence electrons. The van der Waals surface area contributed by atoms with Crippen molar-refractivity contribution in [1.82, 2.24) is 0 Å². The van der Waals surface area contributed by atoms with Crippen LogP contribution in [0.25, 0.3) is 0 Å². The fraction of sp³-hybridized carbons (Fsp3) is 0.200. The van der Waals surface area contributed by atoms with Crippen LogP contribution in [-0.2, 0) is 9.47 Å². The van der Waals surface area contributed by atoms with E-state index in [0.717, 1.165) is 0 Å². The SMILES string of the molecule is C[C@@H](OC(=O)O)OC(=O)c1ccccc1. The first kappa shape index (κ1) is 11.0. The molecule has 0 radical (unpaired) electrons. The number of hydrogen-bond acceptors (Lipinski definition) is 4. The van der Waals surface area contributed by atoms with Crippen LogP contribution in [0, 0.1) is 0 Å². The Morgan fingerprint density at radius 1 is 1.20 bits per heavy atom. The number of carbonyl (C=O) groups excluding carboxylic acids is 1. The van der Waals surface area contributed by atoms with Crippen LogP contribution in [0.15, 0.2) is 30.3 Å². The van der Waals surface area contributed by atoms with Gasteiger partial charge in [0.25, 0.3) is 0 Å². The van der Waals surface area contributed by atoms with Gasteiger partial charge in [0.2, 0.25) is 6.29 Å². The molecule has 1 rings (SSSR count). The van der Waals surface area contributed by atoms with Crippen molar-refractivity contribution in [2.45, 2.75) is 13.2 Å². The predicted molar refractivity (Wildman–Crippen MR) is 50.4 cm³/mol. The molecule has 0 heterocycles. The summed E-state index contributed by atoms with van der Waals surface area (Å²) in [7, 11) is 0. The van der Waals surface area contributed by atoms with Gasteiger partial charge in [-0.3, -0.25) is 0 Å². The first-order chi connectivity index (χ1) is 7.09. The van der Waals surface area contributed by atoms with Crippen molar-refractivity contribution in [2.24, 2.45) is 0 Å². The Labute approximate surface area is 86.2 Å². The van der Waals surface area contributed by atoms with Gasteiger partial charge in [0.1, 0.15) is 0 Å². The van der Waals surface area contributed by atoms with Crippen LogP contribution in [0.3, 0.4) is 0 Å². The maximum Gasteiger partial charge on any atom is 0.508 e. The second kappa shape index (κ2) is 4.99. The summed E-state index contributed by atoms with van der Waals surface area (Å²) in [5.41, 5.74) is 0.346. The lowest BCUT2D eigenvalue weighted by Gasteiger charge is -2.11. The molecular formula is C10H10O5. The van der Waals surface area contributed by atoms with Gasteiger partial charge in [-0.05, 0) is 12.1 Å². The minimum absolute atomic E-state index is 0.346. The summed E-state index contributed by atoms with van der Waals surface area (Å²) in [5.74, 6) is -0.621. The average Bonchev–Trinajstić information content (AvgIpc) is 2.17. The smallest absolute Gasteiger partial charge is 0.450 e. The van der Waals surface area contributed by atoms with Crippen LogP contribution in [0.4, 0.5) is 4.79 Å². The monoisotopic (exact) mass is 210 g/mol. The summed E-state index contributed by atoms with van der Waals surface area (Å²) in [6.45, 7) is 1.33. The zero-order valence-electron chi connectivity index (χ0n) is 8.04. The van der Waals surface area contributed by atoms with Gasteiger partial charge in [-0.1, -0.05) is 18.2 Å². The van der Waals surface area contributed by atoms with E-state index in [4.69, 9.17) is 9.84 Å². The third-order valence-electron chi connectivity index (χ3n) is 1.55. The number of benzene rings is 1. The van der Waals surface area contributed by atoms with Crippen LogP contribution < -0.4 is 0 Å². The van der Waals surface area contributed by atoms with E-state index >= 15 is 0 Å². The first-order valence-electron chi connectivity index (χ1n) is 4.25. The van der Waals surface area contributed by atoms with E-state index in [0.29, 0.717) is 5.56 Å². The highest BCUT2D eigenvalue weighted by Crippen LogP contribution is 2.04. The summed E-state index contributed by atoms with van der Waals surface area (Å²) in [6.07, 6.45) is -2.60. The van der Waals surface area contributed by atoms with Gasteiger partial charge in [0.15, 0.2) is 0 Å². The molecule has 0 aliphatic carbocycles. The third-order valence-corrected chi connectivity index (χ3v) is 1.55. The summed E-state index contributed by atoms with van der Waals surface area (Å²) in [6, 6.07) is 8.25. The van der Waals surface area contributed by atoms with E-state index in [1.165, 1.54) is 6.92 Å². The highest BCUT2D eigenvalue weighted by Gasteiger charge is 2.14. The van der Waals surface area contributed by atoms with E-state index in [2.05, 4.69) is 4.74 Å². The molecule has 5 heteroatoms. The average molecular weight is 210 g/mol. The van der Waals surface area contributed by atoms with E-state index < -0.39 is 18.4 Å². The van der Waals surface area contributed by atoms with E-state index in [-0.39, 0.29) is 0 Å². The van der Waals surface area contributed by atoms with Gasteiger partial charge in [-0.15, -0.1) is 0 Å². The van der Waals surface area contributed by atoms with E-state index in [1.54, 1.807) is 30.3 Å². The first-order valence-corrected chi connectivity index (χ1v) is 4.25. The Hall–Kier alpha value is -2.04. The topological polar surface area (TPSA) is 72.8 Å². The lowest BCUT2D eigenvalue weighted by molar-refractivity contribution is -0.0740. The third kappa shape index (κ3) is 3.68. The number of carbonyl (C=O) groups is 2. The van der Waals surface area contributed by atoms with Gasteiger partial charge in [-0.25, -0.2) is 9.59 Å². The second-order valence-electron chi connectivity index (χ2n) is 2.72. The van der Waals surface area contributed by atoms with Crippen LogP contribution >= 0.6 is 0 Å². The van der Waals surface area contributed by atoms with Crippen molar-refractivity contribution in [1.29, 1.82) is 0 Å². The van der Waals surface area contributed by atoms with Crippen LogP contribution in [0.5, 0.6) is 0 Å². The molecule has 0 saturated carbocycles. The Morgan fingerprint density at radius 2 is 1.80 bits per heavy atom. The fourth-order valence-electron chi connectivity index (χ4n) is 0.959. The Kier molecular flexibility index (Phi) is 3.68. The largest absolute Gasteiger partial charge is 0.508 e. The molecule has 0 bridgehead atoms. The van der Waals surface area contributed by atoms with Gasteiger partial charge >= 0.3 is 12.1 Å². The van der Waals surface area contributed by atoms with E-state index in [1.807, 2.05) is 0 Å². The Morgan fingerprint density at radius 3 is 2.33 bits per heavy atom. The molecule has 0 spiro atoms. The molecule has 1 N–H and O–H groups in total. The fourth-order valence-corrected chi connectivity index (χ4v) is 0.959. The summed E-state index contributed by atoms with van der Waals surface area (Å²) >= 11 is 0. The Balaban J connectivity index is 2.53. The molecule has 0 saturated heterocycles. The quantitative estimate of drug-likeness (QED) is 0.609. The van der Waals surface area contributed by atoms with Crippen molar-refractivity contribution in [3.05, 3.63) is 35.9 Å². The number of rotatable bonds is 3. The van der Waals surface area contributed by atoms with Crippen molar-refractivity contribution in [3.63, 3.8) is 0 Å². The maximum absolute atomic E-state index is 11.3. The van der Waals surface area contributed by atoms with Crippen LogP contribution in [-0.4, -0.2) is 23.5 Å². The summed E-state index contributed by atoms with van der Waals surface area (Å²) in [4.78, 5) is 21.5. The summed E-state index contributed by atoms with van der Waals surface area (Å²) in [5, 5.41) is 8.25. The molecule has 1 atom stereocenters. The van der Waals surface area contributed by atoms with Gasteiger partial charge < -0.3 is 14.6 Å². The molecule has 5 nitrogen and oxygen atoms in total. The molecule has 0 aliphatic rings. The standard InChI is InChI=1S/C10H10O5/c1-7(15-10(12)13)14-9(11)8-5-3-2-4-6-8/h2-7H,1H3,(H,12,13)/t7-/m1/s1. The van der Waals surface area contributed by atoms with Crippen LogP contribution in [0.2, 0.25) is 0 Å². The molecule has 1 aromatic carbocycles. The minimum Gasteiger partial charge on any atom is -0.450 e. The van der Waals surface area contributed by atoms with Crippen molar-refractivity contribution >= 4 is 12.1 Å². The van der Waals surface area contributed by atoms with E-state index in [9.17, 15) is 9.59 Å². The Bertz CT molecular complexity index is 346. The molecule has 15 heavy (non-hydrogen) atoms.